The molecule has 3 aromatic carbocycles. The molecular weight excluding hydrogens is 284 g/mol. The fourth-order valence-electron chi connectivity index (χ4n) is 4.18. The highest BCUT2D eigenvalue weighted by Crippen LogP contribution is 2.44. The van der Waals surface area contributed by atoms with Crippen LogP contribution in [0.5, 0.6) is 11.5 Å². The van der Waals surface area contributed by atoms with Crippen LogP contribution in [0.1, 0.15) is 38.9 Å². The normalized spacial score (nSPS) is 11.6. The van der Waals surface area contributed by atoms with Gasteiger partial charge in [0, 0.05) is 0 Å². The molecule has 0 aliphatic rings. The molecule has 0 spiro atoms. The number of phenols is 2. The Morgan fingerprint density at radius 3 is 1.61 bits per heavy atom. The summed E-state index contributed by atoms with van der Waals surface area (Å²) in [5.74, 6) is 0.717. The van der Waals surface area contributed by atoms with E-state index >= 15 is 0 Å². The van der Waals surface area contributed by atoms with Crippen LogP contribution in [0.2, 0.25) is 0 Å². The first kappa shape index (κ1) is 15.7. The van der Waals surface area contributed by atoms with Gasteiger partial charge in [-0.25, -0.2) is 0 Å². The molecule has 3 rings (SSSR count). The van der Waals surface area contributed by atoms with Gasteiger partial charge in [0.05, 0.1) is 0 Å². The lowest BCUT2D eigenvalue weighted by molar-refractivity contribution is 0.467. The van der Waals surface area contributed by atoms with Gasteiger partial charge in [-0.3, -0.25) is 0 Å². The quantitative estimate of drug-likeness (QED) is 0.533. The highest BCUT2D eigenvalue weighted by molar-refractivity contribution is 6.11. The fourth-order valence-corrected chi connectivity index (χ4v) is 4.18. The van der Waals surface area contributed by atoms with Crippen LogP contribution in [0, 0.1) is 48.5 Å². The standard InChI is InChI=1S/C21H24O2/c1-9-8-16(22)12(4)19-14(6)20-15(7)21(23)11(3)10(2)18(20)13(5)17(9)19/h8,22-23H,1-7H3. The lowest BCUT2D eigenvalue weighted by Gasteiger charge is -2.21. The van der Waals surface area contributed by atoms with Crippen LogP contribution in [0.25, 0.3) is 21.5 Å². The summed E-state index contributed by atoms with van der Waals surface area (Å²) >= 11 is 0. The molecule has 120 valence electrons. The van der Waals surface area contributed by atoms with Gasteiger partial charge in [0.1, 0.15) is 11.5 Å². The largest absolute Gasteiger partial charge is 0.508 e. The van der Waals surface area contributed by atoms with Gasteiger partial charge in [-0.15, -0.1) is 0 Å². The van der Waals surface area contributed by atoms with Crippen molar-refractivity contribution in [1.29, 1.82) is 0 Å². The Kier molecular flexibility index (Phi) is 3.33. The summed E-state index contributed by atoms with van der Waals surface area (Å²) in [5, 5.41) is 25.4. The van der Waals surface area contributed by atoms with Crippen molar-refractivity contribution in [3.05, 3.63) is 45.0 Å². The van der Waals surface area contributed by atoms with Gasteiger partial charge in [-0.1, -0.05) is 0 Å². The minimum absolute atomic E-state index is 0.336. The van der Waals surface area contributed by atoms with Crippen molar-refractivity contribution in [1.82, 2.24) is 0 Å². The van der Waals surface area contributed by atoms with E-state index in [9.17, 15) is 10.2 Å². The summed E-state index contributed by atoms with van der Waals surface area (Å²) in [6.07, 6.45) is 0. The fraction of sp³-hybridized carbons (Fsp3) is 0.333. The first-order chi connectivity index (χ1) is 10.7. The van der Waals surface area contributed by atoms with E-state index in [4.69, 9.17) is 0 Å². The molecule has 0 atom stereocenters. The lowest BCUT2D eigenvalue weighted by Crippen LogP contribution is -1.99. The van der Waals surface area contributed by atoms with E-state index in [0.29, 0.717) is 11.5 Å². The highest BCUT2D eigenvalue weighted by Gasteiger charge is 2.20. The molecule has 0 aromatic heterocycles. The Labute approximate surface area is 137 Å². The summed E-state index contributed by atoms with van der Waals surface area (Å²) in [4.78, 5) is 0. The predicted octanol–water partition coefficient (Wildman–Crippen LogP) is 5.56. The monoisotopic (exact) mass is 308 g/mol. The molecule has 0 heterocycles. The van der Waals surface area contributed by atoms with E-state index in [1.54, 1.807) is 0 Å². The molecule has 0 radical (unpaired) electrons. The molecule has 0 amide bonds. The van der Waals surface area contributed by atoms with E-state index in [1.165, 1.54) is 16.3 Å². The van der Waals surface area contributed by atoms with Crippen molar-refractivity contribution < 1.29 is 10.2 Å². The third-order valence-corrected chi connectivity index (χ3v) is 5.53. The van der Waals surface area contributed by atoms with Gasteiger partial charge in [0.2, 0.25) is 0 Å². The number of aryl methyl sites for hydroxylation is 6. The van der Waals surface area contributed by atoms with Crippen molar-refractivity contribution in [3.8, 4) is 11.5 Å². The van der Waals surface area contributed by atoms with E-state index in [2.05, 4.69) is 27.7 Å². The van der Waals surface area contributed by atoms with Crippen molar-refractivity contribution in [2.75, 3.05) is 0 Å². The smallest absolute Gasteiger partial charge is 0.122 e. The van der Waals surface area contributed by atoms with Crippen LogP contribution in [0.4, 0.5) is 0 Å². The second kappa shape index (κ2) is 4.89. The molecule has 0 bridgehead atoms. The number of fused-ring (bicyclic) bond motifs is 2. The van der Waals surface area contributed by atoms with E-state index in [-0.39, 0.29) is 0 Å². The van der Waals surface area contributed by atoms with Crippen LogP contribution in [-0.4, -0.2) is 10.2 Å². The minimum atomic E-state index is 0.336. The van der Waals surface area contributed by atoms with Crippen molar-refractivity contribution >= 4 is 21.5 Å². The maximum Gasteiger partial charge on any atom is 0.122 e. The van der Waals surface area contributed by atoms with Crippen molar-refractivity contribution in [2.24, 2.45) is 0 Å². The molecule has 0 saturated heterocycles. The van der Waals surface area contributed by atoms with Crippen LogP contribution in [0.3, 0.4) is 0 Å². The maximum absolute atomic E-state index is 10.5. The van der Waals surface area contributed by atoms with Crippen molar-refractivity contribution in [2.45, 2.75) is 48.5 Å². The number of phenolic OH excluding ortho intramolecular Hbond substituents is 2. The molecule has 2 N–H and O–H groups in total. The van der Waals surface area contributed by atoms with Crippen LogP contribution in [-0.2, 0) is 0 Å². The third-order valence-electron chi connectivity index (χ3n) is 5.53. The molecule has 2 heteroatoms. The predicted molar refractivity (Wildman–Crippen MR) is 97.9 cm³/mol. The molecule has 0 aliphatic carbocycles. The van der Waals surface area contributed by atoms with Gasteiger partial charge < -0.3 is 10.2 Å². The Balaban J connectivity index is 2.80. The summed E-state index contributed by atoms with van der Waals surface area (Å²) in [6.45, 7) is 14.3. The lowest BCUT2D eigenvalue weighted by atomic mass is 9.83. The SMILES string of the molecule is Cc1c(O)c(C)c2c(C)c3c(C)c(O)cc(C)c3c(C)c2c1C. The van der Waals surface area contributed by atoms with Gasteiger partial charge in [0.15, 0.2) is 0 Å². The molecular formula is C21H24O2. The number of rotatable bonds is 0. The van der Waals surface area contributed by atoms with Crippen LogP contribution < -0.4 is 0 Å². The number of benzene rings is 3. The van der Waals surface area contributed by atoms with Gasteiger partial charge in [0.25, 0.3) is 0 Å². The molecule has 2 nitrogen and oxygen atoms in total. The first-order valence-corrected chi connectivity index (χ1v) is 8.02. The second-order valence-corrected chi connectivity index (χ2v) is 6.81. The summed E-state index contributed by atoms with van der Waals surface area (Å²) in [5.41, 5.74) is 7.36. The van der Waals surface area contributed by atoms with Gasteiger partial charge >= 0.3 is 0 Å². The Hall–Kier alpha value is -2.22. The van der Waals surface area contributed by atoms with Gasteiger partial charge in [-0.05, 0) is 115 Å². The van der Waals surface area contributed by atoms with Crippen LogP contribution in [0.15, 0.2) is 6.07 Å². The molecule has 23 heavy (non-hydrogen) atoms. The minimum Gasteiger partial charge on any atom is -0.508 e. The average Bonchev–Trinajstić information content (AvgIpc) is 2.49. The zero-order chi connectivity index (χ0) is 17.2. The van der Waals surface area contributed by atoms with Gasteiger partial charge in [-0.2, -0.15) is 0 Å². The zero-order valence-electron chi connectivity index (χ0n) is 15.0. The highest BCUT2D eigenvalue weighted by atomic mass is 16.3. The molecule has 0 fully saturated rings. The first-order valence-electron chi connectivity index (χ1n) is 8.02. The maximum atomic E-state index is 10.5. The third kappa shape index (κ3) is 1.87. The van der Waals surface area contributed by atoms with E-state index < -0.39 is 0 Å². The van der Waals surface area contributed by atoms with E-state index in [0.717, 1.165) is 44.2 Å². The van der Waals surface area contributed by atoms with E-state index in [1.807, 2.05) is 26.8 Å². The summed E-state index contributed by atoms with van der Waals surface area (Å²) in [6, 6.07) is 1.85. The Bertz CT molecular complexity index is 995. The summed E-state index contributed by atoms with van der Waals surface area (Å²) < 4.78 is 0. The average molecular weight is 308 g/mol. The second-order valence-electron chi connectivity index (χ2n) is 6.81. The Morgan fingerprint density at radius 1 is 0.522 bits per heavy atom. The molecule has 0 saturated carbocycles. The number of aromatic hydroxyl groups is 2. The zero-order valence-corrected chi connectivity index (χ0v) is 15.0. The molecule has 0 aliphatic heterocycles. The molecule has 3 aromatic rings. The summed E-state index contributed by atoms with van der Waals surface area (Å²) in [7, 11) is 0. The number of hydrogen-bond acceptors (Lipinski definition) is 2. The van der Waals surface area contributed by atoms with Crippen molar-refractivity contribution in [3.63, 3.8) is 0 Å². The Morgan fingerprint density at radius 2 is 1.00 bits per heavy atom. The molecule has 0 unspecified atom stereocenters. The topological polar surface area (TPSA) is 40.5 Å². The van der Waals surface area contributed by atoms with Crippen LogP contribution >= 0.6 is 0 Å². The number of hydrogen-bond donors (Lipinski definition) is 2.